The van der Waals surface area contributed by atoms with Gasteiger partial charge < -0.3 is 16.5 Å². The zero-order valence-electron chi connectivity index (χ0n) is 12.7. The number of nitrogens with two attached hydrogens (primary N) is 2. The summed E-state index contributed by atoms with van der Waals surface area (Å²) in [4.78, 5) is 26.0. The lowest BCUT2D eigenvalue weighted by Gasteiger charge is -2.20. The molecule has 1 aromatic carbocycles. The molecule has 0 aliphatic carbocycles. The molecule has 7 nitrogen and oxygen atoms in total. The fourth-order valence-electron chi connectivity index (χ4n) is 2.98. The highest BCUT2D eigenvalue weighted by atomic mass is 35.5. The normalized spacial score (nSPS) is 17.5. The lowest BCUT2D eigenvalue weighted by molar-refractivity contribution is 0.604. The molecule has 126 valence electrons. The number of nitrogens with zero attached hydrogens (tertiary/aromatic N) is 3. The molecule has 2 heterocycles. The summed E-state index contributed by atoms with van der Waals surface area (Å²) in [5.41, 5.74) is 4.79. The van der Waals surface area contributed by atoms with Crippen LogP contribution in [0.1, 0.15) is 13.3 Å². The van der Waals surface area contributed by atoms with Crippen LogP contribution in [0.4, 0.5) is 10.1 Å². The standard InChI is InChI=1S/C14H18FN5O2.ClH/c1-2-19-12-9(13(21)20(17)14(19)22)3-4-10(11(12)15)18-6-5-8(16)7-18;/h3-4,8H,2,5-7,16-17H2,1H3;1H/t8-;/m0./s1. The second-order valence-corrected chi connectivity index (χ2v) is 5.49. The van der Waals surface area contributed by atoms with Crippen molar-refractivity contribution >= 4 is 29.0 Å². The zero-order chi connectivity index (χ0) is 16.0. The summed E-state index contributed by atoms with van der Waals surface area (Å²) in [7, 11) is 0. The van der Waals surface area contributed by atoms with Gasteiger partial charge in [-0.2, -0.15) is 4.68 Å². The topological polar surface area (TPSA) is 99.3 Å². The minimum Gasteiger partial charge on any atom is -0.367 e. The van der Waals surface area contributed by atoms with Gasteiger partial charge in [0.1, 0.15) is 0 Å². The average molecular weight is 344 g/mol. The van der Waals surface area contributed by atoms with E-state index in [-0.39, 0.29) is 35.9 Å². The third-order valence-corrected chi connectivity index (χ3v) is 4.13. The van der Waals surface area contributed by atoms with Crippen LogP contribution < -0.4 is 27.7 Å². The molecule has 1 saturated heterocycles. The Kier molecular flexibility index (Phi) is 4.67. The van der Waals surface area contributed by atoms with Crippen LogP contribution in [0.3, 0.4) is 0 Å². The largest absolute Gasteiger partial charge is 0.367 e. The maximum atomic E-state index is 15.0. The molecule has 0 saturated carbocycles. The van der Waals surface area contributed by atoms with Gasteiger partial charge in [0.05, 0.1) is 16.6 Å². The van der Waals surface area contributed by atoms with E-state index in [0.29, 0.717) is 23.5 Å². The van der Waals surface area contributed by atoms with E-state index in [0.717, 1.165) is 6.42 Å². The van der Waals surface area contributed by atoms with E-state index in [4.69, 9.17) is 11.6 Å². The van der Waals surface area contributed by atoms with E-state index < -0.39 is 17.1 Å². The molecule has 0 amide bonds. The second kappa shape index (κ2) is 6.21. The molecule has 0 spiro atoms. The monoisotopic (exact) mass is 343 g/mol. The Morgan fingerprint density at radius 1 is 1.35 bits per heavy atom. The third-order valence-electron chi connectivity index (χ3n) is 4.13. The molecule has 2 aromatic rings. The predicted octanol–water partition coefficient (Wildman–Crippen LogP) is -0.00480. The Hall–Kier alpha value is -2.06. The molecule has 0 bridgehead atoms. The first-order valence-corrected chi connectivity index (χ1v) is 7.19. The van der Waals surface area contributed by atoms with Crippen LogP contribution in [0, 0.1) is 5.82 Å². The number of aromatic nitrogens is 2. The highest BCUT2D eigenvalue weighted by molar-refractivity contribution is 5.85. The molecule has 4 N–H and O–H groups in total. The van der Waals surface area contributed by atoms with Crippen molar-refractivity contribution in [2.24, 2.45) is 5.73 Å². The summed E-state index contributed by atoms with van der Waals surface area (Å²) in [5.74, 6) is 4.89. The Bertz CT molecular complexity index is 863. The summed E-state index contributed by atoms with van der Waals surface area (Å²) >= 11 is 0. The van der Waals surface area contributed by atoms with Crippen LogP contribution in [-0.4, -0.2) is 28.4 Å². The molecule has 23 heavy (non-hydrogen) atoms. The summed E-state index contributed by atoms with van der Waals surface area (Å²) in [6.45, 7) is 3.11. The van der Waals surface area contributed by atoms with Crippen molar-refractivity contribution in [3.05, 3.63) is 38.8 Å². The molecule has 3 rings (SSSR count). The van der Waals surface area contributed by atoms with Gasteiger partial charge in [-0.1, -0.05) is 0 Å². The van der Waals surface area contributed by atoms with Crippen molar-refractivity contribution in [2.45, 2.75) is 25.9 Å². The van der Waals surface area contributed by atoms with Gasteiger partial charge >= 0.3 is 5.69 Å². The summed E-state index contributed by atoms with van der Waals surface area (Å²) in [6.07, 6.45) is 0.780. The van der Waals surface area contributed by atoms with Crippen molar-refractivity contribution in [1.29, 1.82) is 0 Å². The van der Waals surface area contributed by atoms with Gasteiger partial charge in [-0.05, 0) is 25.5 Å². The van der Waals surface area contributed by atoms with Crippen LogP contribution in [0.5, 0.6) is 0 Å². The summed E-state index contributed by atoms with van der Waals surface area (Å²) in [5, 5.41) is 0.0914. The van der Waals surface area contributed by atoms with Crippen LogP contribution >= 0.6 is 12.4 Å². The van der Waals surface area contributed by atoms with Crippen molar-refractivity contribution < 1.29 is 4.39 Å². The van der Waals surface area contributed by atoms with Crippen molar-refractivity contribution in [3.63, 3.8) is 0 Å². The smallest absolute Gasteiger partial charge is 0.350 e. The highest BCUT2D eigenvalue weighted by Gasteiger charge is 2.24. The van der Waals surface area contributed by atoms with Gasteiger partial charge in [0.15, 0.2) is 5.82 Å². The van der Waals surface area contributed by atoms with Crippen LogP contribution in [-0.2, 0) is 6.54 Å². The quantitative estimate of drug-likeness (QED) is 0.747. The third kappa shape index (κ3) is 2.57. The first-order chi connectivity index (χ1) is 10.5. The van der Waals surface area contributed by atoms with Crippen molar-refractivity contribution in [3.8, 4) is 0 Å². The van der Waals surface area contributed by atoms with E-state index >= 15 is 0 Å². The number of nitrogen functional groups attached to an aromatic ring is 1. The van der Waals surface area contributed by atoms with E-state index in [1.54, 1.807) is 13.0 Å². The van der Waals surface area contributed by atoms with Gasteiger partial charge in [-0.25, -0.2) is 9.18 Å². The number of aryl methyl sites for hydroxylation is 1. The molecule has 1 aliphatic heterocycles. The molecule has 1 aliphatic rings. The Labute approximate surface area is 137 Å². The second-order valence-electron chi connectivity index (χ2n) is 5.49. The minimum absolute atomic E-state index is 0. The fraction of sp³-hybridized carbons (Fsp3) is 0.429. The zero-order valence-corrected chi connectivity index (χ0v) is 13.5. The number of halogens is 2. The Balaban J connectivity index is 0.00000192. The van der Waals surface area contributed by atoms with Gasteiger partial charge in [0, 0.05) is 25.7 Å². The molecule has 0 unspecified atom stereocenters. The predicted molar refractivity (Wildman–Crippen MR) is 90.3 cm³/mol. The number of hydrogen-bond donors (Lipinski definition) is 2. The lowest BCUT2D eigenvalue weighted by atomic mass is 10.2. The Morgan fingerprint density at radius 2 is 2.04 bits per heavy atom. The molecular formula is C14H19ClFN5O2. The van der Waals surface area contributed by atoms with E-state index in [2.05, 4.69) is 0 Å². The minimum atomic E-state index is -0.728. The van der Waals surface area contributed by atoms with Gasteiger partial charge in [-0.3, -0.25) is 9.36 Å². The van der Waals surface area contributed by atoms with Gasteiger partial charge in [0.2, 0.25) is 0 Å². The number of anilines is 1. The maximum absolute atomic E-state index is 15.0. The van der Waals surface area contributed by atoms with E-state index in [9.17, 15) is 14.0 Å². The van der Waals surface area contributed by atoms with Crippen molar-refractivity contribution in [2.75, 3.05) is 23.8 Å². The fourth-order valence-corrected chi connectivity index (χ4v) is 2.98. The maximum Gasteiger partial charge on any atom is 0.350 e. The highest BCUT2D eigenvalue weighted by Crippen LogP contribution is 2.27. The number of benzene rings is 1. The van der Waals surface area contributed by atoms with Crippen LogP contribution in [0.2, 0.25) is 0 Å². The SMILES string of the molecule is CCn1c(=O)n(N)c(=O)c2ccc(N3CC[C@H](N)C3)c(F)c21.Cl. The van der Waals surface area contributed by atoms with Gasteiger partial charge in [-0.15, -0.1) is 12.4 Å². The molecule has 0 radical (unpaired) electrons. The molecule has 1 fully saturated rings. The molecule has 1 atom stereocenters. The first kappa shape index (κ1) is 17.3. The van der Waals surface area contributed by atoms with Crippen LogP contribution in [0.25, 0.3) is 10.9 Å². The summed E-state index contributed by atoms with van der Waals surface area (Å²) < 4.78 is 16.6. The average Bonchev–Trinajstić information content (AvgIpc) is 2.92. The van der Waals surface area contributed by atoms with Crippen molar-refractivity contribution in [1.82, 2.24) is 9.24 Å². The van der Waals surface area contributed by atoms with Gasteiger partial charge in [0.25, 0.3) is 5.56 Å². The molecule has 1 aromatic heterocycles. The number of hydrogen-bond acceptors (Lipinski definition) is 5. The number of rotatable bonds is 2. The van der Waals surface area contributed by atoms with E-state index in [1.165, 1.54) is 10.6 Å². The number of fused-ring (bicyclic) bond motifs is 1. The lowest BCUT2D eigenvalue weighted by Crippen LogP contribution is -2.44. The molecular weight excluding hydrogens is 325 g/mol. The van der Waals surface area contributed by atoms with Crippen LogP contribution in [0.15, 0.2) is 21.7 Å². The molecule has 9 heteroatoms. The first-order valence-electron chi connectivity index (χ1n) is 7.19. The summed E-state index contributed by atoms with van der Waals surface area (Å²) in [6, 6.07) is 3.05. The van der Waals surface area contributed by atoms with E-state index in [1.807, 2.05) is 4.90 Å². The Morgan fingerprint density at radius 3 is 2.61 bits per heavy atom.